The van der Waals surface area contributed by atoms with Gasteiger partial charge in [-0.15, -0.1) is 11.3 Å². The molecule has 2 aromatic rings. The van der Waals surface area contributed by atoms with Gasteiger partial charge in [-0.1, -0.05) is 0 Å². The number of benzene rings is 1. The Labute approximate surface area is 190 Å². The van der Waals surface area contributed by atoms with Crippen LogP contribution in [0.15, 0.2) is 40.7 Å². The number of carbonyl (C=O) groups excluding carboxylic acids is 3. The highest BCUT2D eigenvalue weighted by molar-refractivity contribution is 7.89. The van der Waals surface area contributed by atoms with Gasteiger partial charge in [0.15, 0.2) is 5.13 Å². The zero-order valence-corrected chi connectivity index (χ0v) is 19.3. The summed E-state index contributed by atoms with van der Waals surface area (Å²) in [5.41, 5.74) is 0.468. The van der Waals surface area contributed by atoms with Crippen LogP contribution in [0.5, 0.6) is 0 Å². The third-order valence-corrected chi connectivity index (χ3v) is 7.20. The molecule has 1 aromatic heterocycles. The van der Waals surface area contributed by atoms with Crippen molar-refractivity contribution in [3.8, 4) is 0 Å². The van der Waals surface area contributed by atoms with Crippen molar-refractivity contribution >= 4 is 49.9 Å². The first kappa shape index (κ1) is 23.8. The van der Waals surface area contributed by atoms with Gasteiger partial charge in [-0.2, -0.15) is 4.72 Å². The molecule has 0 bridgehead atoms. The second kappa shape index (κ2) is 10.2. The zero-order chi connectivity index (χ0) is 23.3. The molecule has 32 heavy (non-hydrogen) atoms. The van der Waals surface area contributed by atoms with Crippen molar-refractivity contribution in [2.75, 3.05) is 23.7 Å². The maximum Gasteiger partial charge on any atom is 0.241 e. The van der Waals surface area contributed by atoms with Crippen LogP contribution in [0.2, 0.25) is 0 Å². The van der Waals surface area contributed by atoms with Gasteiger partial charge in [-0.25, -0.2) is 13.4 Å². The first-order valence-corrected chi connectivity index (χ1v) is 12.4. The molecular formula is C20H25N5O5S2. The predicted octanol–water partition coefficient (Wildman–Crippen LogP) is 1.65. The van der Waals surface area contributed by atoms with Crippen LogP contribution in [-0.4, -0.2) is 55.2 Å². The van der Waals surface area contributed by atoms with E-state index in [1.807, 2.05) is 0 Å². The first-order valence-electron chi connectivity index (χ1n) is 10.0. The number of hydrogen-bond donors (Lipinski definition) is 3. The second-order valence-electron chi connectivity index (χ2n) is 7.50. The van der Waals surface area contributed by atoms with Crippen LogP contribution in [-0.2, 0) is 24.4 Å². The minimum atomic E-state index is -3.95. The van der Waals surface area contributed by atoms with Gasteiger partial charge < -0.3 is 15.5 Å². The Morgan fingerprint density at radius 2 is 1.91 bits per heavy atom. The standard InChI is InChI=1S/C20H25N5O5S2/c1-13(24-32(29,30)17-7-5-16(6-8-17)22-14(2)26)19(28)25-10-3-4-15(12-25)18(27)23-20-21-9-11-31-20/h5-9,11,13,15,24H,3-4,10,12H2,1-2H3,(H,22,26)(H,21,23,27)/t13-,15?/m0/s1. The second-order valence-corrected chi connectivity index (χ2v) is 10.1. The lowest BCUT2D eigenvalue weighted by Crippen LogP contribution is -2.51. The number of carbonyl (C=O) groups is 3. The van der Waals surface area contributed by atoms with Gasteiger partial charge in [0.25, 0.3) is 0 Å². The van der Waals surface area contributed by atoms with Crippen molar-refractivity contribution in [2.45, 2.75) is 37.6 Å². The van der Waals surface area contributed by atoms with Gasteiger partial charge in [0, 0.05) is 37.3 Å². The number of anilines is 2. The molecule has 1 saturated heterocycles. The number of likely N-dealkylation sites (tertiary alicyclic amines) is 1. The number of thiazole rings is 1. The van der Waals surface area contributed by atoms with Crippen molar-refractivity contribution in [3.05, 3.63) is 35.8 Å². The van der Waals surface area contributed by atoms with Crippen molar-refractivity contribution in [2.24, 2.45) is 5.92 Å². The number of amides is 3. The molecule has 1 aromatic carbocycles. The Bertz CT molecular complexity index is 1070. The summed E-state index contributed by atoms with van der Waals surface area (Å²) < 4.78 is 27.7. The molecule has 0 aliphatic carbocycles. The summed E-state index contributed by atoms with van der Waals surface area (Å²) in [4.78, 5) is 42.0. The summed E-state index contributed by atoms with van der Waals surface area (Å²) in [6.45, 7) is 3.50. The van der Waals surface area contributed by atoms with E-state index in [4.69, 9.17) is 0 Å². The fraction of sp³-hybridized carbons (Fsp3) is 0.400. The highest BCUT2D eigenvalue weighted by atomic mass is 32.2. The molecule has 1 aliphatic rings. The summed E-state index contributed by atoms with van der Waals surface area (Å²) in [5.74, 6) is -1.25. The van der Waals surface area contributed by atoms with E-state index < -0.39 is 22.0 Å². The molecule has 10 nitrogen and oxygen atoms in total. The lowest BCUT2D eigenvalue weighted by molar-refractivity contribution is -0.135. The van der Waals surface area contributed by atoms with Crippen molar-refractivity contribution in [3.63, 3.8) is 0 Å². The Kier molecular flexibility index (Phi) is 7.59. The fourth-order valence-electron chi connectivity index (χ4n) is 3.43. The summed E-state index contributed by atoms with van der Waals surface area (Å²) in [6, 6.07) is 4.64. The molecule has 3 rings (SSSR count). The third-order valence-electron chi connectivity index (χ3n) is 4.95. The number of nitrogens with zero attached hydrogens (tertiary/aromatic N) is 2. The SMILES string of the molecule is CC(=O)Nc1ccc(S(=O)(=O)N[C@@H](C)C(=O)N2CCCC(C(=O)Nc3nccs3)C2)cc1. The maximum atomic E-state index is 12.9. The van der Waals surface area contributed by atoms with E-state index in [9.17, 15) is 22.8 Å². The largest absolute Gasteiger partial charge is 0.341 e. The summed E-state index contributed by atoms with van der Waals surface area (Å²) in [5, 5.41) is 7.57. The van der Waals surface area contributed by atoms with Crippen LogP contribution in [0.3, 0.4) is 0 Å². The Hall–Kier alpha value is -2.83. The average Bonchev–Trinajstić information content (AvgIpc) is 3.26. The molecule has 12 heteroatoms. The van der Waals surface area contributed by atoms with Crippen molar-refractivity contribution in [1.82, 2.24) is 14.6 Å². The highest BCUT2D eigenvalue weighted by Crippen LogP contribution is 2.21. The first-order chi connectivity index (χ1) is 15.2. The van der Waals surface area contributed by atoms with Gasteiger partial charge in [-0.3, -0.25) is 14.4 Å². The van der Waals surface area contributed by atoms with Crippen molar-refractivity contribution in [1.29, 1.82) is 0 Å². The highest BCUT2D eigenvalue weighted by Gasteiger charge is 2.32. The summed E-state index contributed by atoms with van der Waals surface area (Å²) in [6.07, 6.45) is 2.88. The van der Waals surface area contributed by atoms with Gasteiger partial charge in [0.05, 0.1) is 16.9 Å². The van der Waals surface area contributed by atoms with Gasteiger partial charge in [0.1, 0.15) is 0 Å². The molecule has 0 radical (unpaired) electrons. The van der Waals surface area contributed by atoms with Crippen LogP contribution in [0, 0.1) is 5.92 Å². The predicted molar refractivity (Wildman–Crippen MR) is 121 cm³/mol. The molecule has 172 valence electrons. The third kappa shape index (κ3) is 6.11. The van der Waals surface area contributed by atoms with E-state index >= 15 is 0 Å². The summed E-state index contributed by atoms with van der Waals surface area (Å²) >= 11 is 1.31. The maximum absolute atomic E-state index is 12.9. The molecule has 2 atom stereocenters. The van der Waals surface area contributed by atoms with Gasteiger partial charge >= 0.3 is 0 Å². The fourth-order valence-corrected chi connectivity index (χ4v) is 5.16. The van der Waals surface area contributed by atoms with Crippen molar-refractivity contribution < 1.29 is 22.8 Å². The number of aromatic nitrogens is 1. The molecule has 0 saturated carbocycles. The van der Waals surface area contributed by atoms with Crippen LogP contribution >= 0.6 is 11.3 Å². The average molecular weight is 480 g/mol. The normalized spacial score (nSPS) is 17.4. The van der Waals surface area contributed by atoms with E-state index in [1.54, 1.807) is 11.6 Å². The monoisotopic (exact) mass is 479 g/mol. The molecule has 3 N–H and O–H groups in total. The minimum Gasteiger partial charge on any atom is -0.341 e. The Morgan fingerprint density at radius 1 is 1.19 bits per heavy atom. The Balaban J connectivity index is 1.60. The molecule has 1 unspecified atom stereocenters. The van der Waals surface area contributed by atoms with E-state index in [0.717, 1.165) is 0 Å². The number of nitrogens with one attached hydrogen (secondary N) is 3. The lowest BCUT2D eigenvalue weighted by atomic mass is 9.96. The number of piperidine rings is 1. The zero-order valence-electron chi connectivity index (χ0n) is 17.7. The molecule has 0 spiro atoms. The number of rotatable bonds is 7. The quantitative estimate of drug-likeness (QED) is 0.552. The number of hydrogen-bond acceptors (Lipinski definition) is 7. The summed E-state index contributed by atoms with van der Waals surface area (Å²) in [7, 11) is -3.95. The molecule has 1 aliphatic heterocycles. The van der Waals surface area contributed by atoms with E-state index in [-0.39, 0.29) is 29.2 Å². The van der Waals surface area contributed by atoms with Crippen LogP contribution in [0.4, 0.5) is 10.8 Å². The molecule has 2 heterocycles. The van der Waals surface area contributed by atoms with E-state index in [2.05, 4.69) is 20.3 Å². The van der Waals surface area contributed by atoms with E-state index in [0.29, 0.717) is 30.2 Å². The number of sulfonamides is 1. The Morgan fingerprint density at radius 3 is 2.53 bits per heavy atom. The smallest absolute Gasteiger partial charge is 0.241 e. The molecular weight excluding hydrogens is 454 g/mol. The topological polar surface area (TPSA) is 138 Å². The van der Waals surface area contributed by atoms with Gasteiger partial charge in [-0.05, 0) is 44.0 Å². The minimum absolute atomic E-state index is 0.0226. The lowest BCUT2D eigenvalue weighted by Gasteiger charge is -2.33. The van der Waals surface area contributed by atoms with Crippen LogP contribution in [0.1, 0.15) is 26.7 Å². The van der Waals surface area contributed by atoms with Crippen LogP contribution < -0.4 is 15.4 Å². The van der Waals surface area contributed by atoms with Gasteiger partial charge in [0.2, 0.25) is 27.7 Å². The molecule has 1 fully saturated rings. The van der Waals surface area contributed by atoms with E-state index in [1.165, 1.54) is 54.3 Å². The molecule has 3 amide bonds. The van der Waals surface area contributed by atoms with Crippen LogP contribution in [0.25, 0.3) is 0 Å².